The van der Waals surface area contributed by atoms with Crippen LogP contribution < -0.4 is 5.32 Å². The van der Waals surface area contributed by atoms with E-state index in [1.807, 2.05) is 0 Å². The largest absolute Gasteiger partial charge is 0.384 e. The van der Waals surface area contributed by atoms with Crippen molar-refractivity contribution in [2.24, 2.45) is 0 Å². The molecule has 0 aliphatic carbocycles. The molecule has 15 heavy (non-hydrogen) atoms. The number of hydrogen-bond donors (Lipinski definition) is 1. The molecule has 0 bridgehead atoms. The molecule has 1 aliphatic heterocycles. The highest BCUT2D eigenvalue weighted by molar-refractivity contribution is 5.26. The monoisotopic (exact) mass is 205 g/mol. The van der Waals surface area contributed by atoms with Crippen LogP contribution in [0.15, 0.2) is 24.3 Å². The van der Waals surface area contributed by atoms with E-state index in [4.69, 9.17) is 4.74 Å². The smallest absolute Gasteiger partial charge is 0.0502 e. The summed E-state index contributed by atoms with van der Waals surface area (Å²) in [5.41, 5.74) is 2.84. The highest BCUT2D eigenvalue weighted by Crippen LogP contribution is 2.22. The lowest BCUT2D eigenvalue weighted by Gasteiger charge is -2.09. The van der Waals surface area contributed by atoms with Gasteiger partial charge in [-0.2, -0.15) is 0 Å². The van der Waals surface area contributed by atoms with Gasteiger partial charge in [0.2, 0.25) is 0 Å². The summed E-state index contributed by atoms with van der Waals surface area (Å²) in [6.45, 7) is 3.11. The summed E-state index contributed by atoms with van der Waals surface area (Å²) in [6, 6.07) is 8.99. The Bertz CT molecular complexity index is 288. The fourth-order valence-electron chi connectivity index (χ4n) is 2.12. The lowest BCUT2D eigenvalue weighted by atomic mass is 9.97. The van der Waals surface area contributed by atoms with Gasteiger partial charge in [0, 0.05) is 13.7 Å². The number of ether oxygens (including phenoxy) is 1. The zero-order valence-corrected chi connectivity index (χ0v) is 9.33. The third kappa shape index (κ3) is 2.80. The number of methoxy groups -OCH3 is 1. The fraction of sp³-hybridized carbons (Fsp3) is 0.538. The summed E-state index contributed by atoms with van der Waals surface area (Å²) in [5.74, 6) is 0.724. The van der Waals surface area contributed by atoms with Crippen LogP contribution >= 0.6 is 0 Å². The van der Waals surface area contributed by atoms with Crippen molar-refractivity contribution in [3.8, 4) is 0 Å². The van der Waals surface area contributed by atoms with Crippen LogP contribution in [0.3, 0.4) is 0 Å². The molecule has 1 aromatic rings. The molecule has 1 aliphatic rings. The van der Waals surface area contributed by atoms with Crippen molar-refractivity contribution < 1.29 is 4.74 Å². The van der Waals surface area contributed by atoms with E-state index in [-0.39, 0.29) is 0 Å². The molecule has 0 saturated carbocycles. The first-order valence-corrected chi connectivity index (χ1v) is 5.68. The average Bonchev–Trinajstić information content (AvgIpc) is 2.80. The van der Waals surface area contributed by atoms with Crippen molar-refractivity contribution in [1.29, 1.82) is 0 Å². The first-order valence-electron chi connectivity index (χ1n) is 5.68. The van der Waals surface area contributed by atoms with E-state index in [1.54, 1.807) is 7.11 Å². The maximum absolute atomic E-state index is 5.07. The molecule has 0 radical (unpaired) electrons. The standard InChI is InChI=1S/C13H19NO/c1-15-9-7-11-2-4-12(5-3-11)13-6-8-14-10-13/h2-5,13-14H,6-10H2,1H3. The topological polar surface area (TPSA) is 21.3 Å². The Hall–Kier alpha value is -0.860. The first-order chi connectivity index (χ1) is 7.40. The van der Waals surface area contributed by atoms with E-state index >= 15 is 0 Å². The Morgan fingerprint density at radius 1 is 1.33 bits per heavy atom. The van der Waals surface area contributed by atoms with Crippen molar-refractivity contribution in [2.75, 3.05) is 26.8 Å². The van der Waals surface area contributed by atoms with Gasteiger partial charge in [-0.1, -0.05) is 24.3 Å². The van der Waals surface area contributed by atoms with Gasteiger partial charge in [0.25, 0.3) is 0 Å². The molecule has 1 atom stereocenters. The van der Waals surface area contributed by atoms with Gasteiger partial charge < -0.3 is 10.1 Å². The summed E-state index contributed by atoms with van der Waals surface area (Å²) < 4.78 is 5.07. The number of nitrogens with one attached hydrogen (secondary N) is 1. The molecular weight excluding hydrogens is 186 g/mol. The third-order valence-electron chi connectivity index (χ3n) is 3.11. The SMILES string of the molecule is COCCc1ccc(C2CCNC2)cc1. The maximum atomic E-state index is 5.07. The highest BCUT2D eigenvalue weighted by Gasteiger charge is 2.15. The van der Waals surface area contributed by atoms with E-state index in [1.165, 1.54) is 17.5 Å². The fourth-order valence-corrected chi connectivity index (χ4v) is 2.12. The van der Waals surface area contributed by atoms with Gasteiger partial charge in [-0.25, -0.2) is 0 Å². The van der Waals surface area contributed by atoms with Crippen LogP contribution in [0.2, 0.25) is 0 Å². The highest BCUT2D eigenvalue weighted by atomic mass is 16.5. The van der Waals surface area contributed by atoms with Gasteiger partial charge in [0.05, 0.1) is 6.61 Å². The molecule has 0 aromatic heterocycles. The number of benzene rings is 1. The van der Waals surface area contributed by atoms with Gasteiger partial charge in [-0.15, -0.1) is 0 Å². The molecule has 0 amide bonds. The van der Waals surface area contributed by atoms with Crippen LogP contribution in [-0.4, -0.2) is 26.8 Å². The van der Waals surface area contributed by atoms with Gasteiger partial charge >= 0.3 is 0 Å². The normalized spacial score (nSPS) is 20.7. The Morgan fingerprint density at radius 2 is 2.13 bits per heavy atom. The van der Waals surface area contributed by atoms with Gasteiger partial charge in [0.15, 0.2) is 0 Å². The van der Waals surface area contributed by atoms with Crippen LogP contribution in [-0.2, 0) is 11.2 Å². The minimum Gasteiger partial charge on any atom is -0.384 e. The average molecular weight is 205 g/mol. The molecule has 1 saturated heterocycles. The molecule has 2 nitrogen and oxygen atoms in total. The Balaban J connectivity index is 1.96. The third-order valence-corrected chi connectivity index (χ3v) is 3.11. The van der Waals surface area contributed by atoms with Gasteiger partial charge in [0.1, 0.15) is 0 Å². The Labute approximate surface area is 91.6 Å². The Morgan fingerprint density at radius 3 is 2.73 bits per heavy atom. The van der Waals surface area contributed by atoms with E-state index in [0.29, 0.717) is 0 Å². The van der Waals surface area contributed by atoms with E-state index in [0.717, 1.165) is 32.0 Å². The van der Waals surface area contributed by atoms with Crippen LogP contribution in [0.5, 0.6) is 0 Å². The van der Waals surface area contributed by atoms with Gasteiger partial charge in [-0.3, -0.25) is 0 Å². The van der Waals surface area contributed by atoms with E-state index in [2.05, 4.69) is 29.6 Å². The van der Waals surface area contributed by atoms with Crippen molar-refractivity contribution in [3.05, 3.63) is 35.4 Å². The van der Waals surface area contributed by atoms with Gasteiger partial charge in [-0.05, 0) is 36.4 Å². The second-order valence-electron chi connectivity index (χ2n) is 4.17. The van der Waals surface area contributed by atoms with Crippen LogP contribution in [0.4, 0.5) is 0 Å². The zero-order valence-electron chi connectivity index (χ0n) is 9.33. The number of rotatable bonds is 4. The second-order valence-corrected chi connectivity index (χ2v) is 4.17. The van der Waals surface area contributed by atoms with Crippen LogP contribution in [0, 0.1) is 0 Å². The molecule has 1 fully saturated rings. The summed E-state index contributed by atoms with van der Waals surface area (Å²) in [6.07, 6.45) is 2.29. The maximum Gasteiger partial charge on any atom is 0.0502 e. The van der Waals surface area contributed by atoms with Crippen molar-refractivity contribution in [2.45, 2.75) is 18.8 Å². The summed E-state index contributed by atoms with van der Waals surface area (Å²) in [7, 11) is 1.75. The van der Waals surface area contributed by atoms with E-state index < -0.39 is 0 Å². The minimum atomic E-state index is 0.724. The molecule has 82 valence electrons. The Kier molecular flexibility index (Phi) is 3.75. The molecular formula is C13H19NO. The number of hydrogen-bond acceptors (Lipinski definition) is 2. The van der Waals surface area contributed by atoms with Crippen molar-refractivity contribution in [1.82, 2.24) is 5.32 Å². The second kappa shape index (κ2) is 5.29. The molecule has 1 N–H and O–H groups in total. The molecule has 2 rings (SSSR count). The molecule has 1 heterocycles. The lowest BCUT2D eigenvalue weighted by Crippen LogP contribution is -2.07. The van der Waals surface area contributed by atoms with Crippen LogP contribution in [0.1, 0.15) is 23.5 Å². The first kappa shape index (κ1) is 10.7. The quantitative estimate of drug-likeness (QED) is 0.811. The van der Waals surface area contributed by atoms with Crippen LogP contribution in [0.25, 0.3) is 0 Å². The van der Waals surface area contributed by atoms with Crippen molar-refractivity contribution in [3.63, 3.8) is 0 Å². The molecule has 0 spiro atoms. The lowest BCUT2D eigenvalue weighted by molar-refractivity contribution is 0.202. The van der Waals surface area contributed by atoms with E-state index in [9.17, 15) is 0 Å². The predicted octanol–water partition coefficient (Wildman–Crippen LogP) is 1.95. The molecule has 1 aromatic carbocycles. The predicted molar refractivity (Wildman–Crippen MR) is 62.2 cm³/mol. The molecule has 1 unspecified atom stereocenters. The minimum absolute atomic E-state index is 0.724. The molecule has 2 heteroatoms. The zero-order chi connectivity index (χ0) is 10.5. The van der Waals surface area contributed by atoms with Crippen molar-refractivity contribution >= 4 is 0 Å². The summed E-state index contributed by atoms with van der Waals surface area (Å²) in [4.78, 5) is 0. The summed E-state index contributed by atoms with van der Waals surface area (Å²) >= 11 is 0. The summed E-state index contributed by atoms with van der Waals surface area (Å²) in [5, 5.41) is 3.40.